The number of aryl methyl sites for hydroxylation is 1. The first kappa shape index (κ1) is 13.5. The Morgan fingerprint density at radius 3 is 2.41 bits per heavy atom. The van der Waals surface area contributed by atoms with Gasteiger partial charge < -0.3 is 20.6 Å². The molecule has 0 atom stereocenters. The molecule has 0 aromatic heterocycles. The Morgan fingerprint density at radius 2 is 1.94 bits per heavy atom. The summed E-state index contributed by atoms with van der Waals surface area (Å²) in [4.78, 5) is 11.1. The third-order valence-corrected chi connectivity index (χ3v) is 2.63. The highest BCUT2D eigenvalue weighted by molar-refractivity contribution is 5.95. The zero-order chi connectivity index (χ0) is 13.1. The van der Waals surface area contributed by atoms with Crippen LogP contribution in [0.5, 0.6) is 0 Å². The van der Waals surface area contributed by atoms with Crippen molar-refractivity contribution in [1.82, 2.24) is 0 Å². The van der Waals surface area contributed by atoms with Gasteiger partial charge in [0.05, 0.1) is 30.0 Å². The second-order valence-corrected chi connectivity index (χ2v) is 4.30. The molecule has 0 saturated carbocycles. The molecule has 0 fully saturated rings. The number of rotatable bonds is 5. The van der Waals surface area contributed by atoms with Gasteiger partial charge in [-0.3, -0.25) is 0 Å². The van der Waals surface area contributed by atoms with Gasteiger partial charge in [0.15, 0.2) is 0 Å². The fraction of sp³-hybridized carbons (Fsp3) is 0.417. The largest absolute Gasteiger partial charge is 0.478 e. The number of aliphatic hydroxyl groups excluding tert-OH is 2. The molecule has 0 aliphatic carbocycles. The molecular formula is C12H17NO4. The van der Waals surface area contributed by atoms with E-state index in [1.807, 2.05) is 0 Å². The second kappa shape index (κ2) is 5.16. The quantitative estimate of drug-likeness (QED) is 0.611. The number of nitrogens with one attached hydrogen (secondary N) is 1. The van der Waals surface area contributed by atoms with Crippen molar-refractivity contribution in [1.29, 1.82) is 0 Å². The van der Waals surface area contributed by atoms with Crippen LogP contribution in [0.1, 0.15) is 22.8 Å². The summed E-state index contributed by atoms with van der Waals surface area (Å²) in [6, 6.07) is 4.90. The van der Waals surface area contributed by atoms with Crippen molar-refractivity contribution >= 4 is 11.7 Å². The van der Waals surface area contributed by atoms with E-state index in [4.69, 9.17) is 5.11 Å². The zero-order valence-corrected chi connectivity index (χ0v) is 9.90. The molecule has 94 valence electrons. The second-order valence-electron chi connectivity index (χ2n) is 4.30. The minimum atomic E-state index is -1.05. The lowest BCUT2D eigenvalue weighted by Gasteiger charge is -2.29. The van der Waals surface area contributed by atoms with Gasteiger partial charge in [-0.2, -0.15) is 0 Å². The van der Waals surface area contributed by atoms with E-state index < -0.39 is 11.5 Å². The molecule has 1 rings (SSSR count). The molecule has 4 N–H and O–H groups in total. The fourth-order valence-electron chi connectivity index (χ4n) is 1.44. The average Bonchev–Trinajstić information content (AvgIpc) is 2.31. The Labute approximate surface area is 99.7 Å². The SMILES string of the molecule is Cc1cccc(C(=O)O)c1NC(C)(CO)CO. The minimum Gasteiger partial charge on any atom is -0.478 e. The number of anilines is 1. The van der Waals surface area contributed by atoms with E-state index in [-0.39, 0.29) is 18.8 Å². The summed E-state index contributed by atoms with van der Waals surface area (Å²) in [5, 5.41) is 30.4. The summed E-state index contributed by atoms with van der Waals surface area (Å²) in [5.74, 6) is -1.05. The summed E-state index contributed by atoms with van der Waals surface area (Å²) in [6.07, 6.45) is 0. The molecule has 0 spiro atoms. The Morgan fingerprint density at radius 1 is 1.35 bits per heavy atom. The first-order valence-electron chi connectivity index (χ1n) is 5.26. The maximum atomic E-state index is 11.1. The molecule has 0 heterocycles. The highest BCUT2D eigenvalue weighted by atomic mass is 16.4. The lowest BCUT2D eigenvalue weighted by Crippen LogP contribution is -2.43. The van der Waals surface area contributed by atoms with E-state index in [1.54, 1.807) is 26.0 Å². The normalized spacial score (nSPS) is 11.3. The van der Waals surface area contributed by atoms with Gasteiger partial charge in [0.2, 0.25) is 0 Å². The smallest absolute Gasteiger partial charge is 0.337 e. The number of benzene rings is 1. The number of aliphatic hydroxyl groups is 2. The van der Waals surface area contributed by atoms with E-state index in [2.05, 4.69) is 5.32 Å². The zero-order valence-electron chi connectivity index (χ0n) is 9.90. The van der Waals surface area contributed by atoms with Crippen LogP contribution >= 0.6 is 0 Å². The molecule has 0 aliphatic heterocycles. The number of hydrogen-bond acceptors (Lipinski definition) is 4. The maximum absolute atomic E-state index is 11.1. The molecule has 0 aliphatic rings. The van der Waals surface area contributed by atoms with Gasteiger partial charge in [0, 0.05) is 0 Å². The first-order chi connectivity index (χ1) is 7.93. The van der Waals surface area contributed by atoms with Crippen LogP contribution in [0.15, 0.2) is 18.2 Å². The summed E-state index contributed by atoms with van der Waals surface area (Å²) < 4.78 is 0. The predicted octanol–water partition coefficient (Wildman–Crippen LogP) is 0.848. The molecule has 0 radical (unpaired) electrons. The Kier molecular flexibility index (Phi) is 4.09. The van der Waals surface area contributed by atoms with Crippen LogP contribution in [0.2, 0.25) is 0 Å². The third kappa shape index (κ3) is 2.95. The highest BCUT2D eigenvalue weighted by Crippen LogP contribution is 2.24. The predicted molar refractivity (Wildman–Crippen MR) is 64.3 cm³/mol. The van der Waals surface area contributed by atoms with Crippen molar-refractivity contribution < 1.29 is 20.1 Å². The van der Waals surface area contributed by atoms with Crippen molar-refractivity contribution in [2.24, 2.45) is 0 Å². The molecule has 1 aromatic carbocycles. The Hall–Kier alpha value is -1.59. The summed E-state index contributed by atoms with van der Waals surface area (Å²) in [5.41, 5.74) is 0.345. The monoisotopic (exact) mass is 239 g/mol. The third-order valence-electron chi connectivity index (χ3n) is 2.63. The number of carboxylic acid groups (broad SMARTS) is 1. The van der Waals surface area contributed by atoms with Crippen molar-refractivity contribution in [3.63, 3.8) is 0 Å². The van der Waals surface area contributed by atoms with Gasteiger partial charge in [-0.25, -0.2) is 4.79 Å². The number of para-hydroxylation sites is 1. The first-order valence-corrected chi connectivity index (χ1v) is 5.26. The van der Waals surface area contributed by atoms with Crippen LogP contribution in [0.25, 0.3) is 0 Å². The lowest BCUT2D eigenvalue weighted by molar-refractivity contribution is 0.0697. The molecule has 1 aromatic rings. The molecule has 0 saturated heterocycles. The number of carboxylic acids is 1. The van der Waals surface area contributed by atoms with Crippen LogP contribution in [0, 0.1) is 6.92 Å². The molecule has 5 nitrogen and oxygen atoms in total. The Bertz CT molecular complexity index is 413. The van der Waals surface area contributed by atoms with Crippen molar-refractivity contribution in [3.05, 3.63) is 29.3 Å². The van der Waals surface area contributed by atoms with Gasteiger partial charge in [-0.05, 0) is 25.5 Å². The summed E-state index contributed by atoms with van der Waals surface area (Å²) in [7, 11) is 0. The topological polar surface area (TPSA) is 89.8 Å². The van der Waals surface area contributed by atoms with E-state index in [0.29, 0.717) is 5.69 Å². The standard InChI is InChI=1S/C12H17NO4/c1-8-4-3-5-9(11(16)17)10(8)13-12(2,6-14)7-15/h3-5,13-15H,6-7H2,1-2H3,(H,16,17). The van der Waals surface area contributed by atoms with Gasteiger partial charge in [0.25, 0.3) is 0 Å². The van der Waals surface area contributed by atoms with Crippen LogP contribution < -0.4 is 5.32 Å². The average molecular weight is 239 g/mol. The van der Waals surface area contributed by atoms with E-state index in [0.717, 1.165) is 5.56 Å². The van der Waals surface area contributed by atoms with Gasteiger partial charge >= 0.3 is 5.97 Å². The van der Waals surface area contributed by atoms with E-state index in [9.17, 15) is 15.0 Å². The van der Waals surface area contributed by atoms with Gasteiger partial charge in [0.1, 0.15) is 0 Å². The minimum absolute atomic E-state index is 0.123. The highest BCUT2D eigenvalue weighted by Gasteiger charge is 2.25. The maximum Gasteiger partial charge on any atom is 0.337 e. The molecule has 0 amide bonds. The van der Waals surface area contributed by atoms with Gasteiger partial charge in [-0.15, -0.1) is 0 Å². The number of carbonyl (C=O) groups is 1. The number of hydrogen-bond donors (Lipinski definition) is 4. The van der Waals surface area contributed by atoms with Crippen molar-refractivity contribution in [2.45, 2.75) is 19.4 Å². The van der Waals surface area contributed by atoms with Crippen LogP contribution in [-0.2, 0) is 0 Å². The van der Waals surface area contributed by atoms with Crippen LogP contribution in [0.3, 0.4) is 0 Å². The lowest BCUT2D eigenvalue weighted by atomic mass is 10.0. The molecule has 5 heteroatoms. The molecule has 0 bridgehead atoms. The molecule has 0 unspecified atom stereocenters. The van der Waals surface area contributed by atoms with Crippen LogP contribution in [-0.4, -0.2) is 40.0 Å². The number of aromatic carboxylic acids is 1. The van der Waals surface area contributed by atoms with Gasteiger partial charge in [-0.1, -0.05) is 12.1 Å². The fourth-order valence-corrected chi connectivity index (χ4v) is 1.44. The molecular weight excluding hydrogens is 222 g/mol. The summed E-state index contributed by atoms with van der Waals surface area (Å²) in [6.45, 7) is 2.79. The summed E-state index contributed by atoms with van der Waals surface area (Å²) >= 11 is 0. The van der Waals surface area contributed by atoms with Crippen molar-refractivity contribution in [3.8, 4) is 0 Å². The Balaban J connectivity index is 3.17. The molecule has 17 heavy (non-hydrogen) atoms. The van der Waals surface area contributed by atoms with Crippen molar-refractivity contribution in [2.75, 3.05) is 18.5 Å². The van der Waals surface area contributed by atoms with E-state index >= 15 is 0 Å². The van der Waals surface area contributed by atoms with Crippen LogP contribution in [0.4, 0.5) is 5.69 Å². The van der Waals surface area contributed by atoms with E-state index in [1.165, 1.54) is 6.07 Å².